The van der Waals surface area contributed by atoms with Gasteiger partial charge in [0.05, 0.1) is 16.7 Å². The summed E-state index contributed by atoms with van der Waals surface area (Å²) in [4.78, 5) is 33.0. The van der Waals surface area contributed by atoms with Gasteiger partial charge in [0.1, 0.15) is 11.9 Å². The van der Waals surface area contributed by atoms with Crippen molar-refractivity contribution in [2.45, 2.75) is 25.8 Å². The van der Waals surface area contributed by atoms with Crippen LogP contribution in [0.25, 0.3) is 0 Å². The third-order valence-electron chi connectivity index (χ3n) is 4.00. The molecule has 8 nitrogen and oxygen atoms in total. The van der Waals surface area contributed by atoms with Gasteiger partial charge < -0.3 is 10.2 Å². The van der Waals surface area contributed by atoms with Gasteiger partial charge in [-0.05, 0) is 38.0 Å². The standard InChI is InChI=1S/C16H17N5O3/c1-11-4-2-5-12(18-11)14-6-3-9-20(14)16(22)19-13-7-8-17-10-15(13)21(23)24/h2,4-5,7-8,10,14H,3,6,9H2,1H3,(H,17,19,22)/t14-/m1/s1. The number of pyridine rings is 2. The van der Waals surface area contributed by atoms with Crippen molar-refractivity contribution in [2.24, 2.45) is 0 Å². The molecule has 1 saturated heterocycles. The van der Waals surface area contributed by atoms with Crippen molar-refractivity contribution in [1.29, 1.82) is 0 Å². The van der Waals surface area contributed by atoms with Gasteiger partial charge in [0.15, 0.2) is 0 Å². The lowest BCUT2D eigenvalue weighted by Crippen LogP contribution is -2.35. The zero-order chi connectivity index (χ0) is 17.1. The Balaban J connectivity index is 1.81. The minimum Gasteiger partial charge on any atom is -0.316 e. The van der Waals surface area contributed by atoms with Gasteiger partial charge in [-0.1, -0.05) is 6.07 Å². The lowest BCUT2D eigenvalue weighted by Gasteiger charge is -2.24. The molecule has 0 radical (unpaired) electrons. The van der Waals surface area contributed by atoms with Gasteiger partial charge >= 0.3 is 11.7 Å². The second kappa shape index (κ2) is 6.61. The molecule has 2 aromatic heterocycles. The van der Waals surface area contributed by atoms with Crippen LogP contribution in [0.4, 0.5) is 16.2 Å². The van der Waals surface area contributed by atoms with E-state index in [1.807, 2.05) is 25.1 Å². The number of nitrogens with one attached hydrogen (secondary N) is 1. The van der Waals surface area contributed by atoms with E-state index in [0.29, 0.717) is 6.54 Å². The first-order valence-electron chi connectivity index (χ1n) is 7.66. The first kappa shape index (κ1) is 15.9. The summed E-state index contributed by atoms with van der Waals surface area (Å²) in [6, 6.07) is 6.66. The average molecular weight is 327 g/mol. The Kier molecular flexibility index (Phi) is 4.37. The van der Waals surface area contributed by atoms with Crippen molar-refractivity contribution in [3.8, 4) is 0 Å². The maximum Gasteiger partial charge on any atom is 0.322 e. The smallest absolute Gasteiger partial charge is 0.316 e. The van der Waals surface area contributed by atoms with Crippen LogP contribution in [0.3, 0.4) is 0 Å². The maximum absolute atomic E-state index is 12.6. The molecule has 0 aliphatic carbocycles. The summed E-state index contributed by atoms with van der Waals surface area (Å²) in [5, 5.41) is 13.7. The molecule has 2 amide bonds. The average Bonchev–Trinajstić information content (AvgIpc) is 3.05. The van der Waals surface area contributed by atoms with Gasteiger partial charge in [-0.2, -0.15) is 0 Å². The molecule has 0 spiro atoms. The lowest BCUT2D eigenvalue weighted by atomic mass is 10.1. The highest BCUT2D eigenvalue weighted by atomic mass is 16.6. The first-order chi connectivity index (χ1) is 11.6. The van der Waals surface area contributed by atoms with Crippen molar-refractivity contribution in [3.63, 3.8) is 0 Å². The highest BCUT2D eigenvalue weighted by molar-refractivity contribution is 5.92. The normalized spacial score (nSPS) is 16.9. The second-order valence-corrected chi connectivity index (χ2v) is 5.64. The second-order valence-electron chi connectivity index (χ2n) is 5.64. The highest BCUT2D eigenvalue weighted by Gasteiger charge is 2.31. The van der Waals surface area contributed by atoms with Crippen molar-refractivity contribution >= 4 is 17.4 Å². The van der Waals surface area contributed by atoms with E-state index >= 15 is 0 Å². The van der Waals surface area contributed by atoms with E-state index in [-0.39, 0.29) is 23.4 Å². The van der Waals surface area contributed by atoms with Crippen molar-refractivity contribution in [2.75, 3.05) is 11.9 Å². The summed E-state index contributed by atoms with van der Waals surface area (Å²) in [6.45, 7) is 2.49. The van der Waals surface area contributed by atoms with E-state index in [9.17, 15) is 14.9 Å². The van der Waals surface area contributed by atoms with Gasteiger partial charge in [-0.25, -0.2) is 4.79 Å². The third-order valence-corrected chi connectivity index (χ3v) is 4.00. The number of nitrogens with zero attached hydrogens (tertiary/aromatic N) is 4. The van der Waals surface area contributed by atoms with Gasteiger partial charge in [0, 0.05) is 18.4 Å². The fraction of sp³-hybridized carbons (Fsp3) is 0.312. The molecule has 24 heavy (non-hydrogen) atoms. The monoisotopic (exact) mass is 327 g/mol. The van der Waals surface area contributed by atoms with E-state index < -0.39 is 4.92 Å². The van der Waals surface area contributed by atoms with E-state index in [2.05, 4.69) is 15.3 Å². The molecule has 3 rings (SSSR count). The van der Waals surface area contributed by atoms with Crippen LogP contribution in [0.2, 0.25) is 0 Å². The van der Waals surface area contributed by atoms with Crippen LogP contribution in [0, 0.1) is 17.0 Å². The topological polar surface area (TPSA) is 101 Å². The molecule has 3 heterocycles. The summed E-state index contributed by atoms with van der Waals surface area (Å²) in [7, 11) is 0. The van der Waals surface area contributed by atoms with Crippen LogP contribution < -0.4 is 5.32 Å². The summed E-state index contributed by atoms with van der Waals surface area (Å²) < 4.78 is 0. The largest absolute Gasteiger partial charge is 0.322 e. The molecule has 124 valence electrons. The maximum atomic E-state index is 12.6. The number of carbonyl (C=O) groups is 1. The number of hydrogen-bond acceptors (Lipinski definition) is 5. The Bertz CT molecular complexity index is 780. The van der Waals surface area contributed by atoms with Crippen LogP contribution in [0.15, 0.2) is 36.7 Å². The van der Waals surface area contributed by atoms with Gasteiger partial charge in [0.25, 0.3) is 0 Å². The number of carbonyl (C=O) groups excluding carboxylic acids is 1. The molecule has 1 N–H and O–H groups in total. The van der Waals surface area contributed by atoms with E-state index in [4.69, 9.17) is 0 Å². The Morgan fingerprint density at radius 3 is 3.00 bits per heavy atom. The number of rotatable bonds is 3. The van der Waals surface area contributed by atoms with Gasteiger partial charge in [0.2, 0.25) is 0 Å². The van der Waals surface area contributed by atoms with E-state index in [1.54, 1.807) is 4.90 Å². The van der Waals surface area contributed by atoms with Crippen LogP contribution in [0.5, 0.6) is 0 Å². The molecule has 1 fully saturated rings. The van der Waals surface area contributed by atoms with Crippen molar-refractivity contribution in [3.05, 3.63) is 58.2 Å². The van der Waals surface area contributed by atoms with Crippen LogP contribution in [-0.2, 0) is 0 Å². The molecule has 0 unspecified atom stereocenters. The minimum absolute atomic E-state index is 0.120. The predicted molar refractivity (Wildman–Crippen MR) is 87.6 cm³/mol. The molecular weight excluding hydrogens is 310 g/mol. The molecule has 2 aromatic rings. The van der Waals surface area contributed by atoms with Crippen LogP contribution >= 0.6 is 0 Å². The summed E-state index contributed by atoms with van der Waals surface area (Å²) >= 11 is 0. The Hall–Kier alpha value is -3.03. The molecule has 0 aromatic carbocycles. The van der Waals surface area contributed by atoms with Crippen molar-refractivity contribution in [1.82, 2.24) is 14.9 Å². The number of anilines is 1. The Morgan fingerprint density at radius 1 is 1.42 bits per heavy atom. The zero-order valence-corrected chi connectivity index (χ0v) is 13.2. The molecule has 1 aliphatic heterocycles. The summed E-state index contributed by atoms with van der Waals surface area (Å²) in [6.07, 6.45) is 4.22. The van der Waals surface area contributed by atoms with Crippen molar-refractivity contribution < 1.29 is 9.72 Å². The Labute approximate surface area is 138 Å². The molecule has 1 atom stereocenters. The molecule has 8 heteroatoms. The number of likely N-dealkylation sites (tertiary alicyclic amines) is 1. The Morgan fingerprint density at radius 2 is 2.25 bits per heavy atom. The number of urea groups is 1. The van der Waals surface area contributed by atoms with Gasteiger partial charge in [-0.3, -0.25) is 20.1 Å². The number of aryl methyl sites for hydroxylation is 1. The summed E-state index contributed by atoms with van der Waals surface area (Å²) in [5.41, 5.74) is 1.65. The first-order valence-corrected chi connectivity index (χ1v) is 7.66. The molecule has 1 aliphatic rings. The quantitative estimate of drug-likeness (QED) is 0.689. The fourth-order valence-electron chi connectivity index (χ4n) is 2.89. The zero-order valence-electron chi connectivity index (χ0n) is 13.2. The number of aromatic nitrogens is 2. The van der Waals surface area contributed by atoms with Crippen LogP contribution in [0.1, 0.15) is 30.3 Å². The summed E-state index contributed by atoms with van der Waals surface area (Å²) in [5.74, 6) is 0. The fourth-order valence-corrected chi connectivity index (χ4v) is 2.89. The van der Waals surface area contributed by atoms with Crippen LogP contribution in [-0.4, -0.2) is 32.4 Å². The molecule has 0 saturated carbocycles. The minimum atomic E-state index is -0.563. The lowest BCUT2D eigenvalue weighted by molar-refractivity contribution is -0.384. The number of hydrogen-bond donors (Lipinski definition) is 1. The van der Waals surface area contributed by atoms with Gasteiger partial charge in [-0.15, -0.1) is 0 Å². The molecule has 0 bridgehead atoms. The van der Waals surface area contributed by atoms with E-state index in [1.165, 1.54) is 12.3 Å². The number of nitro groups is 1. The molecular formula is C16H17N5O3. The van der Waals surface area contributed by atoms with E-state index in [0.717, 1.165) is 30.4 Å². The highest BCUT2D eigenvalue weighted by Crippen LogP contribution is 2.32. The predicted octanol–water partition coefficient (Wildman–Crippen LogP) is 3.06. The third kappa shape index (κ3) is 3.17. The number of amides is 2. The SMILES string of the molecule is Cc1cccc([C@H]2CCCN2C(=O)Nc2ccncc2[N+](=O)[O-])n1.